The number of nitrogens with zero attached hydrogens (tertiary/aromatic N) is 4. The monoisotopic (exact) mass is 394 g/mol. The molecule has 0 atom stereocenters. The summed E-state index contributed by atoms with van der Waals surface area (Å²) < 4.78 is 13.2. The Balaban J connectivity index is 0.00000261. The Labute approximate surface area is 166 Å². The van der Waals surface area contributed by atoms with E-state index < -0.39 is 0 Å². The van der Waals surface area contributed by atoms with E-state index in [4.69, 9.17) is 9.47 Å². The Morgan fingerprint density at radius 1 is 1.07 bits per heavy atom. The van der Waals surface area contributed by atoms with Gasteiger partial charge in [0.1, 0.15) is 0 Å². The molecule has 3 rings (SSSR count). The van der Waals surface area contributed by atoms with Crippen LogP contribution in [0.1, 0.15) is 24.2 Å². The topological polar surface area (TPSA) is 59.8 Å². The number of hydrogen-bond acceptors (Lipinski definition) is 5. The summed E-state index contributed by atoms with van der Waals surface area (Å²) in [7, 11) is 1.98. The number of aromatic nitrogens is 2. The van der Waals surface area contributed by atoms with Crippen LogP contribution < -0.4 is 14.4 Å². The standard InChI is InChI=1S/C19H26N4O3.ClH/c1-4-25-16-7-6-15(14-17(16)26-5-2)18(24)22-10-12-23(13-11-22)19-20-8-9-21(19)3;/h6-9,14H,4-5,10-13H2,1-3H3;1H. The lowest BCUT2D eigenvalue weighted by atomic mass is 10.1. The van der Waals surface area contributed by atoms with Crippen LogP contribution in [0.25, 0.3) is 0 Å². The fraction of sp³-hybridized carbons (Fsp3) is 0.474. The smallest absolute Gasteiger partial charge is 0.254 e. The lowest BCUT2D eigenvalue weighted by Crippen LogP contribution is -2.49. The van der Waals surface area contributed by atoms with Crippen molar-refractivity contribution >= 4 is 24.3 Å². The van der Waals surface area contributed by atoms with Gasteiger partial charge in [-0.2, -0.15) is 0 Å². The van der Waals surface area contributed by atoms with Gasteiger partial charge < -0.3 is 23.8 Å². The molecule has 1 aliphatic rings. The molecule has 0 saturated carbocycles. The number of aryl methyl sites for hydroxylation is 1. The van der Waals surface area contributed by atoms with E-state index in [-0.39, 0.29) is 18.3 Å². The van der Waals surface area contributed by atoms with Gasteiger partial charge in [0.2, 0.25) is 5.95 Å². The van der Waals surface area contributed by atoms with E-state index in [1.165, 1.54) is 0 Å². The van der Waals surface area contributed by atoms with Crippen molar-refractivity contribution in [1.82, 2.24) is 14.5 Å². The van der Waals surface area contributed by atoms with Gasteiger partial charge in [0.15, 0.2) is 11.5 Å². The number of ether oxygens (including phenoxy) is 2. The summed E-state index contributed by atoms with van der Waals surface area (Å²) in [4.78, 5) is 21.3. The Bertz CT molecular complexity index is 757. The zero-order valence-electron chi connectivity index (χ0n) is 16.1. The van der Waals surface area contributed by atoms with Crippen molar-refractivity contribution < 1.29 is 14.3 Å². The van der Waals surface area contributed by atoms with Crippen molar-refractivity contribution in [2.75, 3.05) is 44.3 Å². The summed E-state index contributed by atoms with van der Waals surface area (Å²) in [6.07, 6.45) is 3.73. The highest BCUT2D eigenvalue weighted by molar-refractivity contribution is 5.95. The number of hydrogen-bond donors (Lipinski definition) is 0. The van der Waals surface area contributed by atoms with Crippen LogP contribution in [-0.4, -0.2) is 59.8 Å². The van der Waals surface area contributed by atoms with Crippen LogP contribution in [0.5, 0.6) is 11.5 Å². The second-order valence-corrected chi connectivity index (χ2v) is 6.14. The first-order valence-corrected chi connectivity index (χ1v) is 9.05. The maximum atomic E-state index is 12.9. The van der Waals surface area contributed by atoms with Gasteiger partial charge in [-0.1, -0.05) is 0 Å². The molecule has 2 heterocycles. The Kier molecular flexibility index (Phi) is 7.36. The lowest BCUT2D eigenvalue weighted by molar-refractivity contribution is 0.0745. The second kappa shape index (κ2) is 9.50. The van der Waals surface area contributed by atoms with Gasteiger partial charge in [-0.05, 0) is 32.0 Å². The minimum atomic E-state index is 0. The number of piperazine rings is 1. The van der Waals surface area contributed by atoms with Crippen molar-refractivity contribution in [3.8, 4) is 11.5 Å². The van der Waals surface area contributed by atoms with Gasteiger partial charge in [0.25, 0.3) is 5.91 Å². The Morgan fingerprint density at radius 2 is 1.74 bits per heavy atom. The molecular formula is C19H27ClN4O3. The largest absolute Gasteiger partial charge is 0.490 e. The molecule has 27 heavy (non-hydrogen) atoms. The maximum absolute atomic E-state index is 12.9. The third-order valence-electron chi connectivity index (χ3n) is 4.44. The first-order valence-electron chi connectivity index (χ1n) is 9.05. The predicted molar refractivity (Wildman–Crippen MR) is 107 cm³/mol. The fourth-order valence-electron chi connectivity index (χ4n) is 3.14. The summed E-state index contributed by atoms with van der Waals surface area (Å²) in [5.41, 5.74) is 0.627. The summed E-state index contributed by atoms with van der Waals surface area (Å²) in [5, 5.41) is 0. The van der Waals surface area contributed by atoms with Crippen LogP contribution in [0, 0.1) is 0 Å². The van der Waals surface area contributed by atoms with Crippen LogP contribution in [0.3, 0.4) is 0 Å². The molecule has 148 valence electrons. The molecule has 1 fully saturated rings. The van der Waals surface area contributed by atoms with Crippen molar-refractivity contribution in [2.45, 2.75) is 13.8 Å². The number of carbonyl (C=O) groups excluding carboxylic acids is 1. The third kappa shape index (κ3) is 4.66. The Hall–Kier alpha value is -2.41. The number of amides is 1. The number of anilines is 1. The number of rotatable bonds is 6. The molecule has 1 aromatic heterocycles. The van der Waals surface area contributed by atoms with E-state index >= 15 is 0 Å². The van der Waals surface area contributed by atoms with Crippen molar-refractivity contribution in [3.05, 3.63) is 36.2 Å². The number of imidazole rings is 1. The molecule has 0 N–H and O–H groups in total. The second-order valence-electron chi connectivity index (χ2n) is 6.14. The quantitative estimate of drug-likeness (QED) is 0.753. The van der Waals surface area contributed by atoms with E-state index in [9.17, 15) is 4.79 Å². The van der Waals surface area contributed by atoms with E-state index in [2.05, 4.69) is 9.88 Å². The molecule has 0 unspecified atom stereocenters. The molecule has 1 aromatic carbocycles. The van der Waals surface area contributed by atoms with Crippen molar-refractivity contribution in [2.24, 2.45) is 7.05 Å². The van der Waals surface area contributed by atoms with E-state index in [1.807, 2.05) is 42.6 Å². The molecule has 1 saturated heterocycles. The zero-order valence-corrected chi connectivity index (χ0v) is 16.9. The normalized spacial score (nSPS) is 13.9. The van der Waals surface area contributed by atoms with Crippen LogP contribution >= 0.6 is 12.4 Å². The van der Waals surface area contributed by atoms with Gasteiger partial charge in [-0.15, -0.1) is 12.4 Å². The number of halogens is 1. The minimum absolute atomic E-state index is 0. The molecule has 8 heteroatoms. The first kappa shape index (κ1) is 20.9. The predicted octanol–water partition coefficient (Wildman–Crippen LogP) is 2.60. The van der Waals surface area contributed by atoms with Gasteiger partial charge in [0, 0.05) is 51.2 Å². The third-order valence-corrected chi connectivity index (χ3v) is 4.44. The van der Waals surface area contributed by atoms with Gasteiger partial charge in [-0.3, -0.25) is 4.79 Å². The van der Waals surface area contributed by atoms with Gasteiger partial charge in [0.05, 0.1) is 13.2 Å². The van der Waals surface area contributed by atoms with Gasteiger partial charge in [-0.25, -0.2) is 4.98 Å². The highest BCUT2D eigenvalue weighted by atomic mass is 35.5. The van der Waals surface area contributed by atoms with E-state index in [0.717, 1.165) is 19.0 Å². The summed E-state index contributed by atoms with van der Waals surface area (Å²) in [6.45, 7) is 7.81. The molecule has 7 nitrogen and oxygen atoms in total. The molecule has 0 radical (unpaired) electrons. The molecule has 1 aliphatic heterocycles. The summed E-state index contributed by atoms with van der Waals surface area (Å²) >= 11 is 0. The highest BCUT2D eigenvalue weighted by Crippen LogP contribution is 2.29. The first-order chi connectivity index (χ1) is 12.6. The maximum Gasteiger partial charge on any atom is 0.254 e. The lowest BCUT2D eigenvalue weighted by Gasteiger charge is -2.35. The number of benzene rings is 1. The molecule has 1 amide bonds. The van der Waals surface area contributed by atoms with Crippen LogP contribution in [0.2, 0.25) is 0 Å². The van der Waals surface area contributed by atoms with E-state index in [0.29, 0.717) is 43.4 Å². The molecule has 0 bridgehead atoms. The van der Waals surface area contributed by atoms with Crippen LogP contribution in [0.15, 0.2) is 30.6 Å². The van der Waals surface area contributed by atoms with Crippen molar-refractivity contribution in [3.63, 3.8) is 0 Å². The minimum Gasteiger partial charge on any atom is -0.490 e. The molecule has 2 aromatic rings. The average molecular weight is 395 g/mol. The molecule has 0 aliphatic carbocycles. The fourth-order valence-corrected chi connectivity index (χ4v) is 3.14. The van der Waals surface area contributed by atoms with E-state index in [1.54, 1.807) is 18.3 Å². The van der Waals surface area contributed by atoms with Crippen LogP contribution in [-0.2, 0) is 7.05 Å². The SMILES string of the molecule is CCOc1ccc(C(=O)N2CCN(c3nccn3C)CC2)cc1OCC.Cl. The van der Waals surface area contributed by atoms with Crippen LogP contribution in [0.4, 0.5) is 5.95 Å². The van der Waals surface area contributed by atoms with Gasteiger partial charge >= 0.3 is 0 Å². The highest BCUT2D eigenvalue weighted by Gasteiger charge is 2.24. The zero-order chi connectivity index (χ0) is 18.5. The van der Waals surface area contributed by atoms with Crippen molar-refractivity contribution in [1.29, 1.82) is 0 Å². The average Bonchev–Trinajstić information content (AvgIpc) is 3.09. The summed E-state index contributed by atoms with van der Waals surface area (Å²) in [6, 6.07) is 5.40. The number of carbonyl (C=O) groups is 1. The molecule has 0 spiro atoms. The molecular weight excluding hydrogens is 368 g/mol. The Morgan fingerprint density at radius 3 is 2.33 bits per heavy atom. The summed E-state index contributed by atoms with van der Waals surface area (Å²) in [5.74, 6) is 2.25.